The summed E-state index contributed by atoms with van der Waals surface area (Å²) in [4.78, 5) is 0.919. The third kappa shape index (κ3) is 3.53. The zero-order chi connectivity index (χ0) is 12.0. The third-order valence-electron chi connectivity index (χ3n) is 2.15. The number of thioether (sulfide) groups is 1. The smallest absolute Gasteiger partial charge is 0.0992 e. The highest BCUT2D eigenvalue weighted by Crippen LogP contribution is 2.28. The van der Waals surface area contributed by atoms with E-state index in [1.54, 1.807) is 36.9 Å². The van der Waals surface area contributed by atoms with Gasteiger partial charge >= 0.3 is 0 Å². The summed E-state index contributed by atoms with van der Waals surface area (Å²) in [6, 6.07) is 7.35. The van der Waals surface area contributed by atoms with Crippen molar-refractivity contribution in [3.8, 4) is 6.07 Å². The highest BCUT2D eigenvalue weighted by Gasteiger charge is 2.09. The fourth-order valence-electron chi connectivity index (χ4n) is 1.32. The van der Waals surface area contributed by atoms with Crippen molar-refractivity contribution in [3.63, 3.8) is 0 Å². The van der Waals surface area contributed by atoms with Crippen molar-refractivity contribution in [2.24, 2.45) is 0 Å². The van der Waals surface area contributed by atoms with Crippen LogP contribution < -0.4 is 0 Å². The van der Waals surface area contributed by atoms with Crippen LogP contribution in [0.5, 0.6) is 0 Å². The maximum Gasteiger partial charge on any atom is 0.0992 e. The fourth-order valence-corrected chi connectivity index (χ4v) is 2.43. The summed E-state index contributed by atoms with van der Waals surface area (Å²) >= 11 is 1.56. The molecule has 0 aliphatic carbocycles. The molecule has 0 radical (unpaired) electrons. The monoisotopic (exact) mass is 237 g/mol. The SMILES string of the molecule is C[C@@H](O)c1ccc(C#N)cc1SCCCO. The second-order valence-electron chi connectivity index (χ2n) is 3.47. The Balaban J connectivity index is 2.88. The molecule has 3 nitrogen and oxygen atoms in total. The third-order valence-corrected chi connectivity index (χ3v) is 3.31. The molecule has 2 N–H and O–H groups in total. The summed E-state index contributed by atoms with van der Waals surface area (Å²) in [6.45, 7) is 1.87. The van der Waals surface area contributed by atoms with Crippen molar-refractivity contribution in [1.29, 1.82) is 5.26 Å². The molecule has 0 aliphatic heterocycles. The molecule has 16 heavy (non-hydrogen) atoms. The van der Waals surface area contributed by atoms with Gasteiger partial charge in [-0.2, -0.15) is 5.26 Å². The van der Waals surface area contributed by atoms with Crippen molar-refractivity contribution < 1.29 is 10.2 Å². The molecule has 1 rings (SSSR count). The Morgan fingerprint density at radius 1 is 1.50 bits per heavy atom. The van der Waals surface area contributed by atoms with E-state index in [9.17, 15) is 5.11 Å². The average Bonchev–Trinajstić information content (AvgIpc) is 2.29. The molecule has 0 aromatic heterocycles. The number of aliphatic hydroxyl groups is 2. The molecule has 0 heterocycles. The maximum atomic E-state index is 9.58. The van der Waals surface area contributed by atoms with Crippen molar-refractivity contribution in [2.45, 2.75) is 24.3 Å². The zero-order valence-corrected chi connectivity index (χ0v) is 10.00. The molecule has 0 aliphatic rings. The van der Waals surface area contributed by atoms with Gasteiger partial charge in [-0.25, -0.2) is 0 Å². The lowest BCUT2D eigenvalue weighted by molar-refractivity contribution is 0.196. The van der Waals surface area contributed by atoms with Crippen molar-refractivity contribution >= 4 is 11.8 Å². The second-order valence-corrected chi connectivity index (χ2v) is 4.60. The van der Waals surface area contributed by atoms with Gasteiger partial charge in [0.1, 0.15) is 0 Å². The van der Waals surface area contributed by atoms with Gasteiger partial charge in [-0.1, -0.05) is 6.07 Å². The lowest BCUT2D eigenvalue weighted by Crippen LogP contribution is -1.96. The van der Waals surface area contributed by atoms with Crippen LogP contribution in [0.3, 0.4) is 0 Å². The normalized spacial score (nSPS) is 12.1. The first-order chi connectivity index (χ1) is 7.69. The molecular formula is C12H15NO2S. The van der Waals surface area contributed by atoms with Gasteiger partial charge in [-0.3, -0.25) is 0 Å². The number of rotatable bonds is 5. The summed E-state index contributed by atoms with van der Waals surface area (Å²) in [5, 5.41) is 27.1. The number of nitriles is 1. The maximum absolute atomic E-state index is 9.58. The predicted octanol–water partition coefficient (Wildman–Crippen LogP) is 2.09. The van der Waals surface area contributed by atoms with E-state index in [-0.39, 0.29) is 6.61 Å². The van der Waals surface area contributed by atoms with Crippen LogP contribution in [0.4, 0.5) is 0 Å². The molecule has 0 saturated carbocycles. The zero-order valence-electron chi connectivity index (χ0n) is 9.18. The van der Waals surface area contributed by atoms with Crippen LogP contribution in [0, 0.1) is 11.3 Å². The summed E-state index contributed by atoms with van der Waals surface area (Å²) in [7, 11) is 0. The second kappa shape index (κ2) is 6.54. The van der Waals surface area contributed by atoms with Crippen molar-refractivity contribution in [1.82, 2.24) is 0 Å². The minimum Gasteiger partial charge on any atom is -0.396 e. The van der Waals surface area contributed by atoms with E-state index in [0.717, 1.165) is 16.2 Å². The summed E-state index contributed by atoms with van der Waals surface area (Å²) in [5.41, 5.74) is 1.43. The van der Waals surface area contributed by atoms with Gasteiger partial charge in [0, 0.05) is 17.3 Å². The average molecular weight is 237 g/mol. The van der Waals surface area contributed by atoms with Gasteiger partial charge in [0.25, 0.3) is 0 Å². The van der Waals surface area contributed by atoms with E-state index in [4.69, 9.17) is 10.4 Å². The standard InChI is InChI=1S/C12H15NO2S/c1-9(15)11-4-3-10(8-13)7-12(11)16-6-2-5-14/h3-4,7,9,14-15H,2,5-6H2,1H3/t9-/m1/s1. The fraction of sp³-hybridized carbons (Fsp3) is 0.417. The summed E-state index contributed by atoms with van der Waals surface area (Å²) < 4.78 is 0. The van der Waals surface area contributed by atoms with Gasteiger partial charge in [0.05, 0.1) is 17.7 Å². The molecular weight excluding hydrogens is 222 g/mol. The van der Waals surface area contributed by atoms with Crippen LogP contribution in [0.25, 0.3) is 0 Å². The first-order valence-corrected chi connectivity index (χ1v) is 6.13. The predicted molar refractivity (Wildman–Crippen MR) is 64.2 cm³/mol. The quantitative estimate of drug-likeness (QED) is 0.608. The molecule has 4 heteroatoms. The number of nitrogens with zero attached hydrogens (tertiary/aromatic N) is 1. The number of aliphatic hydroxyl groups excluding tert-OH is 2. The molecule has 0 saturated heterocycles. The molecule has 0 fully saturated rings. The minimum atomic E-state index is -0.538. The lowest BCUT2D eigenvalue weighted by Gasteiger charge is -2.11. The Hall–Kier alpha value is -1.02. The molecule has 0 amide bonds. The van der Waals surface area contributed by atoms with Gasteiger partial charge in [-0.05, 0) is 31.0 Å². The summed E-state index contributed by atoms with van der Waals surface area (Å²) in [5.74, 6) is 0.783. The first-order valence-electron chi connectivity index (χ1n) is 5.14. The van der Waals surface area contributed by atoms with Crippen LogP contribution in [0.1, 0.15) is 30.6 Å². The van der Waals surface area contributed by atoms with Crippen LogP contribution in [0.2, 0.25) is 0 Å². The van der Waals surface area contributed by atoms with Gasteiger partial charge < -0.3 is 10.2 Å². The largest absolute Gasteiger partial charge is 0.396 e. The van der Waals surface area contributed by atoms with E-state index in [2.05, 4.69) is 6.07 Å². The van der Waals surface area contributed by atoms with Crippen LogP contribution in [0.15, 0.2) is 23.1 Å². The first kappa shape index (κ1) is 13.0. The number of hydrogen-bond acceptors (Lipinski definition) is 4. The van der Waals surface area contributed by atoms with Crippen molar-refractivity contribution in [3.05, 3.63) is 29.3 Å². The van der Waals surface area contributed by atoms with Gasteiger partial charge in [0.15, 0.2) is 0 Å². The minimum absolute atomic E-state index is 0.162. The van der Waals surface area contributed by atoms with Crippen LogP contribution in [-0.2, 0) is 0 Å². The van der Waals surface area contributed by atoms with Crippen molar-refractivity contribution in [2.75, 3.05) is 12.4 Å². The molecule has 1 aromatic carbocycles. The molecule has 0 spiro atoms. The highest BCUT2D eigenvalue weighted by atomic mass is 32.2. The Morgan fingerprint density at radius 3 is 2.81 bits per heavy atom. The number of hydrogen-bond donors (Lipinski definition) is 2. The topological polar surface area (TPSA) is 64.2 Å². The summed E-state index contributed by atoms with van der Waals surface area (Å²) in [6.07, 6.45) is 0.171. The molecule has 0 bridgehead atoms. The van der Waals surface area contributed by atoms with Crippen LogP contribution in [-0.4, -0.2) is 22.6 Å². The van der Waals surface area contributed by atoms with E-state index in [1.807, 2.05) is 0 Å². The lowest BCUT2D eigenvalue weighted by atomic mass is 10.1. The highest BCUT2D eigenvalue weighted by molar-refractivity contribution is 7.99. The van der Waals surface area contributed by atoms with Gasteiger partial charge in [-0.15, -0.1) is 11.8 Å². The van der Waals surface area contributed by atoms with E-state index in [1.165, 1.54) is 0 Å². The molecule has 0 unspecified atom stereocenters. The Labute approximate surface area is 99.7 Å². The molecule has 1 atom stereocenters. The molecule has 86 valence electrons. The van der Waals surface area contributed by atoms with Crippen LogP contribution >= 0.6 is 11.8 Å². The van der Waals surface area contributed by atoms with E-state index >= 15 is 0 Å². The van der Waals surface area contributed by atoms with E-state index in [0.29, 0.717) is 12.0 Å². The molecule has 1 aromatic rings. The van der Waals surface area contributed by atoms with Gasteiger partial charge in [0.2, 0.25) is 0 Å². The van der Waals surface area contributed by atoms with E-state index < -0.39 is 6.10 Å². The Bertz CT molecular complexity index is 385. The Kier molecular flexibility index (Phi) is 5.33. The number of benzene rings is 1. The Morgan fingerprint density at radius 2 is 2.25 bits per heavy atom.